The number of nitrogens with one attached hydrogen (secondary N) is 3. The number of benzene rings is 2. The summed E-state index contributed by atoms with van der Waals surface area (Å²) in [7, 11) is 0. The lowest BCUT2D eigenvalue weighted by Gasteiger charge is -2.13. The summed E-state index contributed by atoms with van der Waals surface area (Å²) in [4.78, 5) is 21.8. The van der Waals surface area contributed by atoms with Gasteiger partial charge in [0.2, 0.25) is 11.8 Å². The molecular formula is C21H26N4O2. The standard InChI is InChI=1S/C21H26N4O2/c1-15(26)23-13-11-17-3-7-19(8-4-17)21(25-22)20-9-5-18(6-10-20)12-14-24-16(2)27/h3-10,21-22H,11-14H2,1-2H3,(H,23,26)(H,24,27). The average molecular weight is 366 g/mol. The molecule has 6 heteroatoms. The third kappa shape index (κ3) is 6.66. The molecule has 0 aromatic heterocycles. The van der Waals surface area contributed by atoms with Crippen LogP contribution in [0.25, 0.3) is 0 Å². The molecule has 0 heterocycles. The highest BCUT2D eigenvalue weighted by Gasteiger charge is 2.13. The molecule has 0 unspecified atom stereocenters. The third-order valence-corrected chi connectivity index (χ3v) is 4.30. The summed E-state index contributed by atoms with van der Waals surface area (Å²) < 4.78 is 0. The average Bonchev–Trinajstić information content (AvgIpc) is 2.64. The Morgan fingerprint density at radius 3 is 1.48 bits per heavy atom. The van der Waals surface area contributed by atoms with Crippen molar-refractivity contribution in [3.63, 3.8) is 0 Å². The molecule has 0 saturated carbocycles. The van der Waals surface area contributed by atoms with Gasteiger partial charge in [0.15, 0.2) is 0 Å². The topological polar surface area (TPSA) is 94.4 Å². The van der Waals surface area contributed by atoms with Crippen LogP contribution in [-0.2, 0) is 22.4 Å². The number of hydrogen-bond donors (Lipinski definition) is 3. The molecule has 0 saturated heterocycles. The Bertz CT molecular complexity index is 706. The van der Waals surface area contributed by atoms with Crippen LogP contribution < -0.4 is 10.6 Å². The van der Waals surface area contributed by atoms with E-state index in [1.165, 1.54) is 13.8 Å². The van der Waals surface area contributed by atoms with Gasteiger partial charge in [-0.05, 0) is 35.1 Å². The quantitative estimate of drug-likeness (QED) is 0.595. The summed E-state index contributed by atoms with van der Waals surface area (Å²) in [5.74, 6) is -0.0552. The van der Waals surface area contributed by atoms with Gasteiger partial charge in [-0.2, -0.15) is 5.11 Å². The van der Waals surface area contributed by atoms with Gasteiger partial charge < -0.3 is 10.6 Å². The molecule has 2 aromatic rings. The largest absolute Gasteiger partial charge is 0.356 e. The van der Waals surface area contributed by atoms with Gasteiger partial charge in [0, 0.05) is 26.9 Å². The number of carbonyl (C=O) groups excluding carboxylic acids is 2. The molecule has 0 spiro atoms. The molecule has 0 atom stereocenters. The van der Waals surface area contributed by atoms with E-state index in [1.807, 2.05) is 48.5 Å². The zero-order valence-electron chi connectivity index (χ0n) is 15.8. The van der Waals surface area contributed by atoms with Crippen molar-refractivity contribution in [3.8, 4) is 0 Å². The van der Waals surface area contributed by atoms with Crippen LogP contribution in [0.2, 0.25) is 0 Å². The zero-order valence-corrected chi connectivity index (χ0v) is 15.8. The number of carbonyl (C=O) groups is 2. The molecule has 6 nitrogen and oxygen atoms in total. The first-order chi connectivity index (χ1) is 13.0. The summed E-state index contributed by atoms with van der Waals surface area (Å²) in [5, 5.41) is 9.36. The van der Waals surface area contributed by atoms with Crippen LogP contribution in [0.3, 0.4) is 0 Å². The van der Waals surface area contributed by atoms with E-state index in [1.54, 1.807) is 0 Å². The second-order valence-electron chi connectivity index (χ2n) is 6.48. The first-order valence-electron chi connectivity index (χ1n) is 9.02. The molecular weight excluding hydrogens is 340 g/mol. The number of nitrogens with zero attached hydrogens (tertiary/aromatic N) is 1. The van der Waals surface area contributed by atoms with Crippen molar-refractivity contribution in [1.82, 2.24) is 10.6 Å². The molecule has 0 aliphatic heterocycles. The lowest BCUT2D eigenvalue weighted by Crippen LogP contribution is -2.22. The highest BCUT2D eigenvalue weighted by molar-refractivity contribution is 5.73. The van der Waals surface area contributed by atoms with Crippen LogP contribution in [0.4, 0.5) is 0 Å². The zero-order chi connectivity index (χ0) is 19.6. The summed E-state index contributed by atoms with van der Waals surface area (Å²) in [6.07, 6.45) is 1.54. The Balaban J connectivity index is 2.00. The predicted molar refractivity (Wildman–Crippen MR) is 105 cm³/mol. The van der Waals surface area contributed by atoms with Gasteiger partial charge in [-0.25, -0.2) is 5.53 Å². The van der Waals surface area contributed by atoms with E-state index < -0.39 is 0 Å². The number of hydrogen-bond acceptors (Lipinski definition) is 4. The fraction of sp³-hybridized carbons (Fsp3) is 0.333. The van der Waals surface area contributed by atoms with Crippen molar-refractivity contribution < 1.29 is 9.59 Å². The van der Waals surface area contributed by atoms with Gasteiger partial charge in [-0.15, -0.1) is 0 Å². The Morgan fingerprint density at radius 2 is 1.19 bits per heavy atom. The van der Waals surface area contributed by atoms with Gasteiger partial charge in [0.1, 0.15) is 6.04 Å². The van der Waals surface area contributed by atoms with Gasteiger partial charge in [-0.3, -0.25) is 9.59 Å². The maximum atomic E-state index is 10.9. The van der Waals surface area contributed by atoms with E-state index in [0.29, 0.717) is 13.1 Å². The van der Waals surface area contributed by atoms with Crippen LogP contribution in [0.15, 0.2) is 53.6 Å². The first kappa shape index (κ1) is 20.3. The Morgan fingerprint density at radius 1 is 0.815 bits per heavy atom. The van der Waals surface area contributed by atoms with Crippen molar-refractivity contribution in [2.24, 2.45) is 5.11 Å². The fourth-order valence-electron chi connectivity index (χ4n) is 2.84. The molecule has 2 aromatic carbocycles. The summed E-state index contributed by atoms with van der Waals surface area (Å²) in [6, 6.07) is 15.6. The van der Waals surface area contributed by atoms with E-state index >= 15 is 0 Å². The summed E-state index contributed by atoms with van der Waals surface area (Å²) in [5.41, 5.74) is 11.8. The monoisotopic (exact) mass is 366 g/mol. The Kier molecular flexibility index (Phi) is 7.67. The third-order valence-electron chi connectivity index (χ3n) is 4.30. The van der Waals surface area contributed by atoms with E-state index in [9.17, 15) is 9.59 Å². The molecule has 27 heavy (non-hydrogen) atoms. The molecule has 0 aliphatic carbocycles. The van der Waals surface area contributed by atoms with Crippen LogP contribution in [0.1, 0.15) is 42.1 Å². The van der Waals surface area contributed by atoms with Crippen molar-refractivity contribution in [2.75, 3.05) is 13.1 Å². The molecule has 2 amide bonds. The smallest absolute Gasteiger partial charge is 0.216 e. The number of amides is 2. The summed E-state index contributed by atoms with van der Waals surface area (Å²) in [6.45, 7) is 4.24. The molecule has 0 bridgehead atoms. The molecule has 0 fully saturated rings. The van der Waals surface area contributed by atoms with E-state index in [2.05, 4.69) is 15.7 Å². The second-order valence-corrected chi connectivity index (χ2v) is 6.48. The SMILES string of the molecule is CC(=O)NCCc1ccc(C(N=N)c2ccc(CCNC(C)=O)cc2)cc1. The van der Waals surface area contributed by atoms with Crippen molar-refractivity contribution in [2.45, 2.75) is 32.7 Å². The van der Waals surface area contributed by atoms with Crippen LogP contribution >= 0.6 is 0 Å². The van der Waals surface area contributed by atoms with Crippen molar-refractivity contribution in [3.05, 3.63) is 70.8 Å². The maximum absolute atomic E-state index is 10.9. The Hall–Kier alpha value is -3.02. The minimum Gasteiger partial charge on any atom is -0.356 e. The fourth-order valence-corrected chi connectivity index (χ4v) is 2.84. The molecule has 2 rings (SSSR count). The van der Waals surface area contributed by atoms with Gasteiger partial charge in [0.25, 0.3) is 0 Å². The van der Waals surface area contributed by atoms with Crippen LogP contribution in [-0.4, -0.2) is 24.9 Å². The van der Waals surface area contributed by atoms with Crippen molar-refractivity contribution in [1.29, 1.82) is 5.53 Å². The highest BCUT2D eigenvalue weighted by Crippen LogP contribution is 2.26. The molecule has 0 radical (unpaired) electrons. The lowest BCUT2D eigenvalue weighted by atomic mass is 9.96. The molecule has 0 aliphatic rings. The van der Waals surface area contributed by atoms with Crippen LogP contribution in [0, 0.1) is 5.53 Å². The minimum atomic E-state index is -0.334. The minimum absolute atomic E-state index is 0.0276. The lowest BCUT2D eigenvalue weighted by molar-refractivity contribution is -0.119. The Labute approximate surface area is 159 Å². The van der Waals surface area contributed by atoms with Gasteiger partial charge in [0.05, 0.1) is 0 Å². The second kappa shape index (κ2) is 10.2. The van der Waals surface area contributed by atoms with E-state index in [-0.39, 0.29) is 17.9 Å². The van der Waals surface area contributed by atoms with Crippen LogP contribution in [0.5, 0.6) is 0 Å². The van der Waals surface area contributed by atoms with E-state index in [0.717, 1.165) is 35.1 Å². The maximum Gasteiger partial charge on any atom is 0.216 e. The summed E-state index contributed by atoms with van der Waals surface area (Å²) >= 11 is 0. The first-order valence-corrected chi connectivity index (χ1v) is 9.02. The molecule has 142 valence electrons. The van der Waals surface area contributed by atoms with Gasteiger partial charge >= 0.3 is 0 Å². The van der Waals surface area contributed by atoms with Crippen molar-refractivity contribution >= 4 is 11.8 Å². The van der Waals surface area contributed by atoms with Gasteiger partial charge in [-0.1, -0.05) is 48.5 Å². The molecule has 3 N–H and O–H groups in total. The number of rotatable bonds is 9. The van der Waals surface area contributed by atoms with E-state index in [4.69, 9.17) is 5.53 Å². The predicted octanol–water partition coefficient (Wildman–Crippen LogP) is 3.16. The highest BCUT2D eigenvalue weighted by atomic mass is 16.1. The normalized spacial score (nSPS) is 10.5.